The number of nitrogens with zero attached hydrogens (tertiary/aromatic N) is 3. The van der Waals surface area contributed by atoms with Gasteiger partial charge in [-0.15, -0.1) is 0 Å². The topological polar surface area (TPSA) is 92.1 Å². The highest BCUT2D eigenvalue weighted by molar-refractivity contribution is 5.90. The van der Waals surface area contributed by atoms with Crippen molar-refractivity contribution in [1.82, 2.24) is 20.1 Å². The monoisotopic (exact) mass is 303 g/mol. The quantitative estimate of drug-likeness (QED) is 0.724. The van der Waals surface area contributed by atoms with Gasteiger partial charge in [0.2, 0.25) is 0 Å². The minimum Gasteiger partial charge on any atom is -0.396 e. The van der Waals surface area contributed by atoms with Crippen molar-refractivity contribution in [3.05, 3.63) is 42.5 Å². The molecule has 1 aromatic heterocycles. The van der Waals surface area contributed by atoms with Crippen LogP contribution in [0, 0.1) is 0 Å². The van der Waals surface area contributed by atoms with Gasteiger partial charge in [0.15, 0.2) is 0 Å². The van der Waals surface area contributed by atoms with Gasteiger partial charge in [0.25, 0.3) is 0 Å². The summed E-state index contributed by atoms with van der Waals surface area (Å²) in [7, 11) is 0. The van der Waals surface area contributed by atoms with Crippen LogP contribution >= 0.6 is 0 Å². The third-order valence-electron chi connectivity index (χ3n) is 3.37. The maximum absolute atomic E-state index is 12.1. The molecule has 0 radical (unpaired) electrons. The van der Waals surface area contributed by atoms with Crippen LogP contribution in [0.15, 0.2) is 36.9 Å². The van der Waals surface area contributed by atoms with Gasteiger partial charge in [-0.25, -0.2) is 14.5 Å². The number of hydrogen-bond donors (Lipinski definition) is 3. The molecule has 7 nitrogen and oxygen atoms in total. The Labute approximate surface area is 129 Å². The maximum Gasteiger partial charge on any atom is 0.319 e. The van der Waals surface area contributed by atoms with Crippen molar-refractivity contribution in [2.45, 2.75) is 32.4 Å². The number of para-hydroxylation sites is 1. The number of amides is 2. The van der Waals surface area contributed by atoms with Crippen LogP contribution in [0.25, 0.3) is 0 Å². The van der Waals surface area contributed by atoms with Crippen molar-refractivity contribution >= 4 is 11.7 Å². The highest BCUT2D eigenvalue weighted by Gasteiger charge is 2.11. The Kier molecular flexibility index (Phi) is 5.91. The second-order valence-corrected chi connectivity index (χ2v) is 4.97. The molecule has 118 valence electrons. The average molecular weight is 303 g/mol. The molecule has 3 N–H and O–H groups in total. The van der Waals surface area contributed by atoms with Crippen LogP contribution in [0.1, 0.15) is 25.3 Å². The molecule has 0 aliphatic rings. The molecule has 0 bridgehead atoms. The molecule has 7 heteroatoms. The normalized spacial score (nSPS) is 11.9. The van der Waals surface area contributed by atoms with E-state index < -0.39 is 0 Å². The van der Waals surface area contributed by atoms with E-state index in [9.17, 15) is 4.79 Å². The van der Waals surface area contributed by atoms with Gasteiger partial charge in [0.1, 0.15) is 12.7 Å². The minimum atomic E-state index is -0.272. The maximum atomic E-state index is 12.1. The first-order chi connectivity index (χ1) is 10.7. The van der Waals surface area contributed by atoms with E-state index in [0.717, 1.165) is 17.7 Å². The Hall–Kier alpha value is -2.41. The van der Waals surface area contributed by atoms with E-state index in [1.807, 2.05) is 31.2 Å². The number of aromatic nitrogens is 3. The first-order valence-corrected chi connectivity index (χ1v) is 7.31. The van der Waals surface area contributed by atoms with Gasteiger partial charge in [-0.1, -0.05) is 25.1 Å². The predicted octanol–water partition coefficient (Wildman–Crippen LogP) is 1.61. The lowest BCUT2D eigenvalue weighted by molar-refractivity contribution is 0.237. The molecule has 1 atom stereocenters. The third kappa shape index (κ3) is 4.56. The zero-order chi connectivity index (χ0) is 15.8. The second kappa shape index (κ2) is 8.14. The first kappa shape index (κ1) is 16.0. The molecule has 1 heterocycles. The van der Waals surface area contributed by atoms with E-state index in [-0.39, 0.29) is 18.7 Å². The van der Waals surface area contributed by atoms with Crippen molar-refractivity contribution in [3.63, 3.8) is 0 Å². The van der Waals surface area contributed by atoms with Gasteiger partial charge >= 0.3 is 6.03 Å². The molecule has 0 aliphatic carbocycles. The molecular weight excluding hydrogens is 282 g/mol. The number of rotatable bonds is 7. The molecular formula is C15H21N5O2. The van der Waals surface area contributed by atoms with Gasteiger partial charge in [0, 0.05) is 18.3 Å². The van der Waals surface area contributed by atoms with E-state index in [1.165, 1.54) is 6.33 Å². The van der Waals surface area contributed by atoms with Gasteiger partial charge in [-0.05, 0) is 24.5 Å². The molecule has 2 amide bonds. The predicted molar refractivity (Wildman–Crippen MR) is 83.5 cm³/mol. The van der Waals surface area contributed by atoms with Crippen molar-refractivity contribution < 1.29 is 9.90 Å². The van der Waals surface area contributed by atoms with Crippen LogP contribution in [-0.2, 0) is 6.54 Å². The minimum absolute atomic E-state index is 0.0347. The second-order valence-electron chi connectivity index (χ2n) is 4.97. The van der Waals surface area contributed by atoms with E-state index in [0.29, 0.717) is 13.0 Å². The summed E-state index contributed by atoms with van der Waals surface area (Å²) in [6.45, 7) is 2.56. The number of carbonyl (C=O) groups is 1. The molecule has 2 rings (SSSR count). The fourth-order valence-corrected chi connectivity index (χ4v) is 2.15. The largest absolute Gasteiger partial charge is 0.396 e. The molecule has 1 aromatic carbocycles. The summed E-state index contributed by atoms with van der Waals surface area (Å²) in [6, 6.07) is 7.25. The molecule has 0 saturated carbocycles. The Balaban J connectivity index is 2.01. The fourth-order valence-electron chi connectivity index (χ4n) is 2.15. The number of nitrogens with one attached hydrogen (secondary N) is 2. The lowest BCUT2D eigenvalue weighted by Gasteiger charge is -2.17. The third-order valence-corrected chi connectivity index (χ3v) is 3.37. The average Bonchev–Trinajstić information content (AvgIpc) is 3.02. The fraction of sp³-hybridized carbons (Fsp3) is 0.400. The van der Waals surface area contributed by atoms with Gasteiger partial charge in [-0.2, -0.15) is 5.10 Å². The molecule has 0 aliphatic heterocycles. The molecule has 0 spiro atoms. The number of benzene rings is 1. The summed E-state index contributed by atoms with van der Waals surface area (Å²) >= 11 is 0. The lowest BCUT2D eigenvalue weighted by atomic mass is 10.1. The zero-order valence-electron chi connectivity index (χ0n) is 12.6. The van der Waals surface area contributed by atoms with E-state index in [1.54, 1.807) is 11.0 Å². The molecule has 22 heavy (non-hydrogen) atoms. The standard InChI is InChI=1S/C15H21N5O2/c1-2-13(7-8-21)18-15(22)19-14-6-4-3-5-12(14)9-20-11-16-10-17-20/h3-6,10-11,13,21H,2,7-9H2,1H3,(H2,18,19,22). The van der Waals surface area contributed by atoms with Gasteiger partial charge < -0.3 is 15.7 Å². The summed E-state index contributed by atoms with van der Waals surface area (Å²) in [5.74, 6) is 0. The van der Waals surface area contributed by atoms with Crippen LogP contribution in [0.4, 0.5) is 10.5 Å². The SMILES string of the molecule is CCC(CCO)NC(=O)Nc1ccccc1Cn1cncn1. The number of aliphatic hydroxyl groups excluding tert-OH is 1. The number of aliphatic hydroxyl groups is 1. The number of anilines is 1. The Morgan fingerprint density at radius 3 is 2.91 bits per heavy atom. The molecule has 2 aromatic rings. The Morgan fingerprint density at radius 2 is 2.23 bits per heavy atom. The first-order valence-electron chi connectivity index (χ1n) is 7.31. The van der Waals surface area contributed by atoms with Crippen molar-refractivity contribution in [2.75, 3.05) is 11.9 Å². The van der Waals surface area contributed by atoms with Crippen LogP contribution in [0.3, 0.4) is 0 Å². The van der Waals surface area contributed by atoms with Crippen molar-refractivity contribution in [3.8, 4) is 0 Å². The molecule has 0 saturated heterocycles. The molecule has 0 fully saturated rings. The van der Waals surface area contributed by atoms with Crippen LogP contribution in [0.2, 0.25) is 0 Å². The van der Waals surface area contributed by atoms with Crippen LogP contribution in [-0.4, -0.2) is 38.6 Å². The van der Waals surface area contributed by atoms with Crippen LogP contribution in [0.5, 0.6) is 0 Å². The summed E-state index contributed by atoms with van der Waals surface area (Å²) < 4.78 is 1.69. The summed E-state index contributed by atoms with van der Waals surface area (Å²) in [6.07, 6.45) is 4.42. The highest BCUT2D eigenvalue weighted by atomic mass is 16.3. The van der Waals surface area contributed by atoms with Crippen molar-refractivity contribution in [2.24, 2.45) is 0 Å². The van der Waals surface area contributed by atoms with Gasteiger partial charge in [0.05, 0.1) is 6.54 Å². The van der Waals surface area contributed by atoms with Crippen LogP contribution < -0.4 is 10.6 Å². The number of urea groups is 1. The van der Waals surface area contributed by atoms with Gasteiger partial charge in [-0.3, -0.25) is 0 Å². The highest BCUT2D eigenvalue weighted by Crippen LogP contribution is 2.16. The van der Waals surface area contributed by atoms with Crippen molar-refractivity contribution in [1.29, 1.82) is 0 Å². The van der Waals surface area contributed by atoms with E-state index in [2.05, 4.69) is 20.7 Å². The van der Waals surface area contributed by atoms with E-state index in [4.69, 9.17) is 5.11 Å². The summed E-state index contributed by atoms with van der Waals surface area (Å²) in [5.41, 5.74) is 1.67. The number of hydrogen-bond acceptors (Lipinski definition) is 4. The Bertz CT molecular complexity index is 585. The lowest BCUT2D eigenvalue weighted by Crippen LogP contribution is -2.38. The summed E-state index contributed by atoms with van der Waals surface area (Å²) in [5, 5.41) is 18.7. The number of carbonyl (C=O) groups excluding carboxylic acids is 1. The van der Waals surface area contributed by atoms with E-state index >= 15 is 0 Å². The Morgan fingerprint density at radius 1 is 1.41 bits per heavy atom. The zero-order valence-corrected chi connectivity index (χ0v) is 12.6. The summed E-state index contributed by atoms with van der Waals surface area (Å²) in [4.78, 5) is 16.0. The molecule has 1 unspecified atom stereocenters. The smallest absolute Gasteiger partial charge is 0.319 e.